The minimum absolute atomic E-state index is 0.0827. The number of amidine groups is 1. The molecule has 2 aliphatic rings. The second kappa shape index (κ2) is 5.73. The van der Waals surface area contributed by atoms with Crippen LogP contribution in [0, 0.1) is 33.5 Å². The molecule has 0 amide bonds. The average Bonchev–Trinajstić information content (AvgIpc) is 3.21. The van der Waals surface area contributed by atoms with Gasteiger partial charge in [-0.1, -0.05) is 12.1 Å². The number of aliphatic imine (C=N–C) groups is 1. The molecule has 1 aliphatic heterocycles. The van der Waals surface area contributed by atoms with Crippen molar-refractivity contribution in [2.75, 3.05) is 20.3 Å². The molecular weight excluding hydrogens is 320 g/mol. The normalized spacial score (nSPS) is 31.4. The van der Waals surface area contributed by atoms with Gasteiger partial charge < -0.3 is 19.9 Å². The van der Waals surface area contributed by atoms with Gasteiger partial charge in [-0.2, -0.15) is 10.5 Å². The Bertz CT molecular complexity index is 786. The van der Waals surface area contributed by atoms with Crippen molar-refractivity contribution < 1.29 is 14.2 Å². The zero-order valence-corrected chi connectivity index (χ0v) is 14.4. The van der Waals surface area contributed by atoms with Crippen molar-refractivity contribution in [2.45, 2.75) is 25.7 Å². The van der Waals surface area contributed by atoms with Crippen LogP contribution in [0.3, 0.4) is 0 Å². The zero-order chi connectivity index (χ0) is 18.3. The van der Waals surface area contributed by atoms with Crippen molar-refractivity contribution >= 4 is 5.84 Å². The van der Waals surface area contributed by atoms with Crippen molar-refractivity contribution in [1.29, 1.82) is 10.5 Å². The van der Waals surface area contributed by atoms with Crippen LogP contribution in [0.15, 0.2) is 29.3 Å². The van der Waals surface area contributed by atoms with E-state index in [0.717, 1.165) is 5.56 Å². The molecule has 3 atom stereocenters. The molecule has 2 N–H and O–H groups in total. The molecule has 25 heavy (non-hydrogen) atoms. The van der Waals surface area contributed by atoms with Gasteiger partial charge in [-0.25, -0.2) is 4.99 Å². The van der Waals surface area contributed by atoms with Gasteiger partial charge in [0.05, 0.1) is 19.2 Å². The molecule has 3 rings (SSSR count). The lowest BCUT2D eigenvalue weighted by molar-refractivity contribution is -0.255. The number of fused-ring (bicyclic) bond motifs is 1. The monoisotopic (exact) mass is 340 g/mol. The van der Waals surface area contributed by atoms with E-state index in [9.17, 15) is 10.5 Å². The highest BCUT2D eigenvalue weighted by atomic mass is 16.7. The van der Waals surface area contributed by atoms with E-state index >= 15 is 0 Å². The Hall–Kier alpha value is -2.61. The van der Waals surface area contributed by atoms with Gasteiger partial charge in [0.2, 0.25) is 0 Å². The molecule has 1 fully saturated rings. The molecule has 0 saturated heterocycles. The van der Waals surface area contributed by atoms with Gasteiger partial charge in [-0.15, -0.1) is 0 Å². The van der Waals surface area contributed by atoms with Gasteiger partial charge in [-0.3, -0.25) is 0 Å². The molecule has 0 bridgehead atoms. The summed E-state index contributed by atoms with van der Waals surface area (Å²) >= 11 is 0. The predicted octanol–water partition coefficient (Wildman–Crippen LogP) is 1.91. The summed E-state index contributed by atoms with van der Waals surface area (Å²) in [5.74, 6) is -1.29. The smallest absolute Gasteiger partial charge is 0.293 e. The Balaban J connectivity index is 2.17. The Morgan fingerprint density at radius 1 is 1.12 bits per heavy atom. The summed E-state index contributed by atoms with van der Waals surface area (Å²) in [6, 6.07) is 11.7. The number of rotatable bonds is 6. The van der Waals surface area contributed by atoms with E-state index < -0.39 is 22.7 Å². The summed E-state index contributed by atoms with van der Waals surface area (Å²) in [6.45, 7) is 4.12. The molecule has 0 aromatic heterocycles. The third-order valence-electron chi connectivity index (χ3n) is 5.06. The Morgan fingerprint density at radius 3 is 2.16 bits per heavy atom. The molecule has 0 spiro atoms. The van der Waals surface area contributed by atoms with E-state index in [1.165, 1.54) is 0 Å². The number of nitrogens with zero attached hydrogens (tertiary/aromatic N) is 3. The van der Waals surface area contributed by atoms with Crippen LogP contribution in [-0.4, -0.2) is 32.1 Å². The van der Waals surface area contributed by atoms with Gasteiger partial charge in [-0.05, 0) is 31.5 Å². The van der Waals surface area contributed by atoms with Crippen molar-refractivity contribution in [2.24, 2.45) is 21.6 Å². The highest BCUT2D eigenvalue weighted by Gasteiger charge is 2.93. The zero-order valence-electron chi connectivity index (χ0n) is 14.4. The van der Waals surface area contributed by atoms with E-state index in [4.69, 9.17) is 19.9 Å². The fraction of sp³-hybridized carbons (Fsp3) is 0.500. The third kappa shape index (κ3) is 1.82. The summed E-state index contributed by atoms with van der Waals surface area (Å²) in [5, 5.41) is 20.0. The number of nitrogens with two attached hydrogens (primary N) is 1. The van der Waals surface area contributed by atoms with Crippen LogP contribution in [0.5, 0.6) is 5.75 Å². The van der Waals surface area contributed by atoms with Crippen molar-refractivity contribution in [3.8, 4) is 17.9 Å². The Morgan fingerprint density at radius 2 is 1.72 bits per heavy atom. The first kappa shape index (κ1) is 17.2. The minimum Gasteiger partial charge on any atom is -0.497 e. The first-order chi connectivity index (χ1) is 12.0. The molecular formula is C18H20N4O3. The van der Waals surface area contributed by atoms with Crippen molar-refractivity contribution in [3.63, 3.8) is 0 Å². The standard InChI is InChI=1S/C18H20N4O3/c1-4-24-18(25-5-2)17(11-20)14(16(17,10-19)15(21)22-18)12-6-8-13(23-3)9-7-12/h6-9,14H,4-5H2,1-3H3,(H2,21,22)/t14-,16+,17-/m0/s1. The topological polar surface area (TPSA) is 114 Å². The molecule has 0 unspecified atom stereocenters. The van der Waals surface area contributed by atoms with Crippen molar-refractivity contribution in [3.05, 3.63) is 29.8 Å². The van der Waals surface area contributed by atoms with Crippen molar-refractivity contribution in [1.82, 2.24) is 0 Å². The van der Waals surface area contributed by atoms with Crippen LogP contribution in [0.1, 0.15) is 25.3 Å². The van der Waals surface area contributed by atoms with Crippen LogP contribution < -0.4 is 10.5 Å². The molecule has 7 heteroatoms. The van der Waals surface area contributed by atoms with Gasteiger partial charge in [0.15, 0.2) is 5.41 Å². The second-order valence-corrected chi connectivity index (χ2v) is 5.99. The molecule has 1 heterocycles. The maximum Gasteiger partial charge on any atom is 0.293 e. The molecule has 0 radical (unpaired) electrons. The minimum atomic E-state index is -1.57. The molecule has 7 nitrogen and oxygen atoms in total. The van der Waals surface area contributed by atoms with Gasteiger partial charge in [0, 0.05) is 19.1 Å². The lowest BCUT2D eigenvalue weighted by atomic mass is 9.93. The number of hydrogen-bond acceptors (Lipinski definition) is 7. The van der Waals surface area contributed by atoms with E-state index in [-0.39, 0.29) is 19.0 Å². The number of benzene rings is 1. The fourth-order valence-electron chi connectivity index (χ4n) is 4.05. The third-order valence-corrected chi connectivity index (χ3v) is 5.06. The number of nitriles is 2. The largest absolute Gasteiger partial charge is 0.497 e. The highest BCUT2D eigenvalue weighted by Crippen LogP contribution is 2.81. The molecule has 1 aromatic carbocycles. The summed E-state index contributed by atoms with van der Waals surface area (Å²) in [7, 11) is 1.58. The SMILES string of the molecule is CCOC1(OCC)N=C(N)[C@@]2(C#N)[C@H](c3ccc(OC)cc3)[C@]12C#N. The number of hydrogen-bond donors (Lipinski definition) is 1. The maximum atomic E-state index is 10.1. The quantitative estimate of drug-likeness (QED) is 0.791. The predicted molar refractivity (Wildman–Crippen MR) is 89.4 cm³/mol. The Kier molecular flexibility index (Phi) is 3.95. The Labute approximate surface area is 146 Å². The summed E-state index contributed by atoms with van der Waals surface area (Å²) in [6.07, 6.45) is 0. The lowest BCUT2D eigenvalue weighted by Gasteiger charge is -2.31. The lowest BCUT2D eigenvalue weighted by Crippen LogP contribution is -2.43. The summed E-state index contributed by atoms with van der Waals surface area (Å²) in [4.78, 5) is 4.31. The van der Waals surface area contributed by atoms with Crippen LogP contribution in [-0.2, 0) is 9.47 Å². The first-order valence-corrected chi connectivity index (χ1v) is 8.13. The van der Waals surface area contributed by atoms with Gasteiger partial charge in [0.25, 0.3) is 5.91 Å². The van der Waals surface area contributed by atoms with Gasteiger partial charge >= 0.3 is 0 Å². The van der Waals surface area contributed by atoms with E-state index in [1.807, 2.05) is 12.1 Å². The van der Waals surface area contributed by atoms with Gasteiger partial charge in [0.1, 0.15) is 17.0 Å². The van der Waals surface area contributed by atoms with Crippen LogP contribution in [0.25, 0.3) is 0 Å². The average molecular weight is 340 g/mol. The van der Waals surface area contributed by atoms with E-state index in [0.29, 0.717) is 5.75 Å². The van der Waals surface area contributed by atoms with Crippen LogP contribution in [0.2, 0.25) is 0 Å². The summed E-state index contributed by atoms with van der Waals surface area (Å²) < 4.78 is 16.7. The number of ether oxygens (including phenoxy) is 3. The molecule has 1 aliphatic carbocycles. The molecule has 130 valence electrons. The summed E-state index contributed by atoms with van der Waals surface area (Å²) in [5.41, 5.74) is 4.35. The van der Waals surface area contributed by atoms with Crippen LogP contribution >= 0.6 is 0 Å². The first-order valence-electron chi connectivity index (χ1n) is 8.13. The second-order valence-electron chi connectivity index (χ2n) is 5.99. The molecule has 1 saturated carbocycles. The van der Waals surface area contributed by atoms with Crippen LogP contribution in [0.4, 0.5) is 0 Å². The number of methoxy groups -OCH3 is 1. The van der Waals surface area contributed by atoms with E-state index in [1.54, 1.807) is 33.1 Å². The van der Waals surface area contributed by atoms with E-state index in [2.05, 4.69) is 17.1 Å². The molecule has 1 aromatic rings. The highest BCUT2D eigenvalue weighted by molar-refractivity contribution is 6.00. The fourth-order valence-corrected chi connectivity index (χ4v) is 4.05. The maximum absolute atomic E-state index is 10.1.